The highest BCUT2D eigenvalue weighted by Crippen LogP contribution is 2.65. The number of likely N-dealkylation sites (tertiary alicyclic amines) is 2. The molecular formula is C41H41ClFN3O7. The minimum atomic E-state index is -1.45. The molecule has 0 spiro atoms. The van der Waals surface area contributed by atoms with E-state index in [0.29, 0.717) is 24.2 Å². The van der Waals surface area contributed by atoms with Gasteiger partial charge in [-0.15, -0.1) is 0 Å². The van der Waals surface area contributed by atoms with Crippen LogP contribution in [0.15, 0.2) is 72.3 Å². The van der Waals surface area contributed by atoms with Gasteiger partial charge in [-0.3, -0.25) is 29.0 Å². The third-order valence-corrected chi connectivity index (χ3v) is 12.8. The largest absolute Gasteiger partial charge is 0.507 e. The molecule has 8 rings (SSSR count). The van der Waals surface area contributed by atoms with Gasteiger partial charge >= 0.3 is 0 Å². The number of carbonyl (C=O) groups is 4. The zero-order valence-corrected chi connectivity index (χ0v) is 30.5. The van der Waals surface area contributed by atoms with E-state index >= 15 is 0 Å². The molecule has 6 atom stereocenters. The molecule has 3 aromatic rings. The molecule has 4 amide bonds. The number of phenolic OH excluding ortho intramolecular Hbond substituents is 1. The average molecular weight is 742 g/mol. The van der Waals surface area contributed by atoms with Crippen molar-refractivity contribution in [1.29, 1.82) is 0 Å². The summed E-state index contributed by atoms with van der Waals surface area (Å²) >= 11 is 6.13. The summed E-state index contributed by atoms with van der Waals surface area (Å²) in [7, 11) is 2.90. The molecule has 276 valence electrons. The van der Waals surface area contributed by atoms with E-state index in [-0.39, 0.29) is 58.5 Å². The van der Waals surface area contributed by atoms with Crippen LogP contribution >= 0.6 is 11.6 Å². The van der Waals surface area contributed by atoms with Crippen molar-refractivity contribution in [1.82, 2.24) is 9.80 Å². The van der Waals surface area contributed by atoms with Crippen LogP contribution in [0.4, 0.5) is 10.1 Å². The lowest BCUT2D eigenvalue weighted by molar-refractivity contribution is -0.144. The van der Waals surface area contributed by atoms with Gasteiger partial charge in [0.25, 0.3) is 0 Å². The van der Waals surface area contributed by atoms with E-state index in [1.807, 2.05) is 24.3 Å². The third kappa shape index (κ3) is 5.45. The van der Waals surface area contributed by atoms with Gasteiger partial charge in [0.1, 0.15) is 23.1 Å². The number of hydrogen-bond donors (Lipinski definition) is 1. The van der Waals surface area contributed by atoms with Crippen molar-refractivity contribution in [3.63, 3.8) is 0 Å². The normalized spacial score (nSPS) is 28.8. The summed E-state index contributed by atoms with van der Waals surface area (Å²) in [5.74, 6) is -5.59. The van der Waals surface area contributed by atoms with Crippen LogP contribution in [0.25, 0.3) is 0 Å². The lowest BCUT2D eigenvalue weighted by atomic mass is 9.51. The lowest BCUT2D eigenvalue weighted by Crippen LogP contribution is -2.49. The molecule has 3 saturated heterocycles. The van der Waals surface area contributed by atoms with Crippen LogP contribution in [-0.2, 0) is 25.7 Å². The van der Waals surface area contributed by atoms with Gasteiger partial charge in [-0.05, 0) is 62.3 Å². The van der Waals surface area contributed by atoms with Crippen molar-refractivity contribution >= 4 is 40.9 Å². The number of benzene rings is 3. The zero-order valence-electron chi connectivity index (χ0n) is 29.8. The number of fused-ring (bicyclic) bond motifs is 4. The molecule has 0 radical (unpaired) electrons. The monoisotopic (exact) mass is 741 g/mol. The van der Waals surface area contributed by atoms with Gasteiger partial charge in [-0.1, -0.05) is 53.6 Å². The molecule has 6 unspecified atom stereocenters. The topological polar surface area (TPSA) is 117 Å². The molecule has 0 aromatic heterocycles. The van der Waals surface area contributed by atoms with Crippen LogP contribution in [0.2, 0.25) is 5.02 Å². The van der Waals surface area contributed by atoms with Gasteiger partial charge in [0.15, 0.2) is 0 Å². The summed E-state index contributed by atoms with van der Waals surface area (Å²) in [6.45, 7) is 4.00. The number of rotatable bonds is 7. The summed E-state index contributed by atoms with van der Waals surface area (Å²) < 4.78 is 25.4. The molecule has 1 saturated carbocycles. The van der Waals surface area contributed by atoms with Crippen LogP contribution in [-0.4, -0.2) is 71.9 Å². The quantitative estimate of drug-likeness (QED) is 0.228. The molecule has 10 nitrogen and oxygen atoms in total. The van der Waals surface area contributed by atoms with Crippen LogP contribution in [0, 0.1) is 34.9 Å². The Morgan fingerprint density at radius 2 is 1.66 bits per heavy atom. The molecule has 0 bridgehead atoms. The van der Waals surface area contributed by atoms with Gasteiger partial charge in [0.05, 0.1) is 48.1 Å². The number of nitrogens with zero attached hydrogens (tertiary/aromatic N) is 3. The number of halogens is 2. The fourth-order valence-corrected chi connectivity index (χ4v) is 10.1. The maximum atomic E-state index is 14.8. The number of methoxy groups -OCH3 is 2. The van der Waals surface area contributed by atoms with Crippen LogP contribution in [0.5, 0.6) is 17.2 Å². The Labute approximate surface area is 312 Å². The predicted molar refractivity (Wildman–Crippen MR) is 194 cm³/mol. The molecule has 4 fully saturated rings. The van der Waals surface area contributed by atoms with Crippen molar-refractivity contribution in [2.75, 3.05) is 32.2 Å². The highest BCUT2D eigenvalue weighted by atomic mass is 35.5. The smallest absolute Gasteiger partial charge is 0.241 e. The second-order valence-electron chi connectivity index (χ2n) is 15.1. The number of phenols is 1. The van der Waals surface area contributed by atoms with E-state index in [2.05, 4.69) is 17.0 Å². The Morgan fingerprint density at radius 1 is 0.925 bits per heavy atom. The molecule has 12 heteroatoms. The number of imide groups is 2. The highest BCUT2D eigenvalue weighted by Gasteiger charge is 2.68. The minimum Gasteiger partial charge on any atom is -0.507 e. The first-order chi connectivity index (χ1) is 25.5. The van der Waals surface area contributed by atoms with Crippen LogP contribution in [0.3, 0.4) is 0 Å². The molecule has 3 aliphatic heterocycles. The molecule has 3 heterocycles. The summed E-state index contributed by atoms with van der Waals surface area (Å²) in [6, 6.07) is 16.7. The van der Waals surface area contributed by atoms with Crippen molar-refractivity contribution in [3.05, 3.63) is 94.3 Å². The van der Waals surface area contributed by atoms with Crippen molar-refractivity contribution in [3.8, 4) is 17.2 Å². The van der Waals surface area contributed by atoms with Gasteiger partial charge in [0.2, 0.25) is 23.6 Å². The van der Waals surface area contributed by atoms with E-state index in [1.54, 1.807) is 13.0 Å². The fraction of sp³-hybridized carbons (Fsp3) is 0.415. The number of allylic oxidation sites excluding steroid dienone is 2. The fourth-order valence-electron chi connectivity index (χ4n) is 9.92. The Balaban J connectivity index is 1.17. The first kappa shape index (κ1) is 35.3. The number of amides is 4. The van der Waals surface area contributed by atoms with Gasteiger partial charge in [-0.25, -0.2) is 9.29 Å². The van der Waals surface area contributed by atoms with Crippen LogP contribution < -0.4 is 14.4 Å². The van der Waals surface area contributed by atoms with Crippen molar-refractivity contribution in [2.24, 2.45) is 29.1 Å². The minimum absolute atomic E-state index is 0.124. The van der Waals surface area contributed by atoms with Gasteiger partial charge in [0, 0.05) is 49.3 Å². The maximum Gasteiger partial charge on any atom is 0.241 e. The van der Waals surface area contributed by atoms with E-state index in [4.69, 9.17) is 21.1 Å². The van der Waals surface area contributed by atoms with Gasteiger partial charge < -0.3 is 14.6 Å². The van der Waals surface area contributed by atoms with Crippen molar-refractivity contribution in [2.45, 2.75) is 51.1 Å². The van der Waals surface area contributed by atoms with E-state index in [0.717, 1.165) is 30.6 Å². The summed E-state index contributed by atoms with van der Waals surface area (Å²) in [6.07, 6.45) is 3.68. The predicted octanol–water partition coefficient (Wildman–Crippen LogP) is 6.10. The summed E-state index contributed by atoms with van der Waals surface area (Å²) in [4.78, 5) is 63.0. The molecule has 1 N–H and O–H groups in total. The standard InChI is InChI=1S/C41H41ClFN3O7/c1-41-29(38(49)46(40(41)51)24-9-12-31(43)30(42)17-24)20-28-26(36(41)35-32(47)18-25(52-2)19-33(35)53-3)10-11-27-34(28)39(50)45(37(27)48)23-13-15-44(16-14-23)21-22-7-5-4-6-8-22/h4-10,12,17-19,23,27-29,34,36,47H,11,13-16,20-21H2,1-3H3. The third-order valence-electron chi connectivity index (χ3n) is 12.5. The molecule has 53 heavy (non-hydrogen) atoms. The highest BCUT2D eigenvalue weighted by molar-refractivity contribution is 6.31. The molecule has 2 aliphatic carbocycles. The van der Waals surface area contributed by atoms with Crippen LogP contribution in [0.1, 0.15) is 49.7 Å². The summed E-state index contributed by atoms with van der Waals surface area (Å²) in [5.41, 5.74) is 0.879. The lowest BCUT2D eigenvalue weighted by Gasteiger charge is -2.49. The Bertz CT molecular complexity index is 2050. The second kappa shape index (κ2) is 13.3. The molecule has 3 aromatic carbocycles. The number of aromatic hydroxyl groups is 1. The van der Waals surface area contributed by atoms with E-state index < -0.39 is 52.6 Å². The Morgan fingerprint density at radius 3 is 2.34 bits per heavy atom. The van der Waals surface area contributed by atoms with Gasteiger partial charge in [-0.2, -0.15) is 0 Å². The maximum absolute atomic E-state index is 14.8. The van der Waals surface area contributed by atoms with Crippen molar-refractivity contribution < 1.29 is 38.1 Å². The summed E-state index contributed by atoms with van der Waals surface area (Å²) in [5, 5.41) is 11.4. The number of anilines is 1. The zero-order chi connectivity index (χ0) is 37.3. The molecular weight excluding hydrogens is 701 g/mol. The average Bonchev–Trinajstić information content (AvgIpc) is 3.53. The molecule has 5 aliphatic rings. The second-order valence-corrected chi connectivity index (χ2v) is 15.5. The number of carbonyl (C=O) groups excluding carboxylic acids is 4. The number of ether oxygens (including phenoxy) is 2. The van der Waals surface area contributed by atoms with E-state index in [1.165, 1.54) is 42.9 Å². The SMILES string of the molecule is COc1cc(O)c(C2C3=CCC4C(=O)N(C5CCN(Cc6ccccc6)CC5)C(=O)C4C3CC3C(=O)N(c4ccc(F)c(Cl)c4)C(=O)C32C)c(OC)c1. The number of hydrogen-bond acceptors (Lipinski definition) is 8. The number of piperidine rings is 1. The first-order valence-corrected chi connectivity index (χ1v) is 18.5. The van der Waals surface area contributed by atoms with E-state index in [9.17, 15) is 28.7 Å². The first-order valence-electron chi connectivity index (χ1n) is 18.1. The Hall–Kier alpha value is -4.74. The Kier molecular flexibility index (Phi) is 8.85.